The summed E-state index contributed by atoms with van der Waals surface area (Å²) in [6.45, 7) is 8.90. The molecule has 8 atom stereocenters. The first-order chi connectivity index (χ1) is 12.4. The number of hydrogen-bond acceptors (Lipinski definition) is 3. The lowest BCUT2D eigenvalue weighted by Gasteiger charge is -2.63. The Bertz CT molecular complexity index is 556. The van der Waals surface area contributed by atoms with Gasteiger partial charge in [-0.3, -0.25) is 0 Å². The fraction of sp³-hybridized carbons (Fsp3) is 1.00. The fourth-order valence-corrected chi connectivity index (χ4v) is 8.45. The SMILES string of the molecule is C[C@@H]1CC[C@]2(C)C3CC(O)[C@@]4(C)[C@@H](CCC45OCCCO5)[C@@H]3CC[C@@H]2C1. The quantitative estimate of drug-likeness (QED) is 0.675. The van der Waals surface area contributed by atoms with Crippen LogP contribution >= 0.6 is 0 Å². The molecule has 5 rings (SSSR count). The van der Waals surface area contributed by atoms with Crippen LogP contribution in [0.25, 0.3) is 0 Å². The van der Waals surface area contributed by atoms with Crippen LogP contribution in [0.5, 0.6) is 0 Å². The summed E-state index contributed by atoms with van der Waals surface area (Å²) in [7, 11) is 0. The lowest BCUT2D eigenvalue weighted by Crippen LogP contribution is -2.64. The molecular formula is C23H38O3. The van der Waals surface area contributed by atoms with E-state index in [0.717, 1.165) is 50.2 Å². The highest BCUT2D eigenvalue weighted by Gasteiger charge is 2.70. The third-order valence-corrected chi connectivity index (χ3v) is 10.0. The zero-order valence-corrected chi connectivity index (χ0v) is 17.0. The van der Waals surface area contributed by atoms with E-state index < -0.39 is 5.79 Å². The highest BCUT2D eigenvalue weighted by Crippen LogP contribution is 2.69. The number of ether oxygens (including phenoxy) is 2. The number of aliphatic hydroxyl groups is 1. The molecule has 1 heterocycles. The molecule has 3 nitrogen and oxygen atoms in total. The van der Waals surface area contributed by atoms with E-state index in [-0.39, 0.29) is 11.5 Å². The van der Waals surface area contributed by atoms with Gasteiger partial charge in [0.05, 0.1) is 24.7 Å². The summed E-state index contributed by atoms with van der Waals surface area (Å²) >= 11 is 0. The predicted octanol–water partition coefficient (Wildman–Crippen LogP) is 4.77. The Labute approximate surface area is 159 Å². The van der Waals surface area contributed by atoms with Gasteiger partial charge in [0.2, 0.25) is 0 Å². The van der Waals surface area contributed by atoms with Gasteiger partial charge in [0.15, 0.2) is 5.79 Å². The minimum absolute atomic E-state index is 0.222. The average molecular weight is 363 g/mol. The Balaban J connectivity index is 1.48. The van der Waals surface area contributed by atoms with Crippen molar-refractivity contribution in [3.63, 3.8) is 0 Å². The van der Waals surface area contributed by atoms with Crippen molar-refractivity contribution in [2.45, 2.75) is 90.4 Å². The van der Waals surface area contributed by atoms with Gasteiger partial charge in [-0.25, -0.2) is 0 Å². The molecule has 26 heavy (non-hydrogen) atoms. The zero-order valence-electron chi connectivity index (χ0n) is 17.0. The van der Waals surface area contributed by atoms with Gasteiger partial charge >= 0.3 is 0 Å². The summed E-state index contributed by atoms with van der Waals surface area (Å²) in [5.74, 6) is 3.27. The molecule has 5 aliphatic rings. The molecule has 0 aromatic rings. The van der Waals surface area contributed by atoms with E-state index in [1.54, 1.807) is 0 Å². The van der Waals surface area contributed by atoms with Crippen molar-refractivity contribution in [2.75, 3.05) is 13.2 Å². The second-order valence-electron chi connectivity index (χ2n) is 10.9. The predicted molar refractivity (Wildman–Crippen MR) is 102 cm³/mol. The Morgan fingerprint density at radius 3 is 2.42 bits per heavy atom. The largest absolute Gasteiger partial charge is 0.392 e. The molecule has 3 heteroatoms. The smallest absolute Gasteiger partial charge is 0.176 e. The Hall–Kier alpha value is -0.120. The maximum Gasteiger partial charge on any atom is 0.176 e. The third-order valence-electron chi connectivity index (χ3n) is 10.0. The normalized spacial score (nSPS) is 55.8. The van der Waals surface area contributed by atoms with Crippen LogP contribution in [0.3, 0.4) is 0 Å². The molecule has 2 unspecified atom stereocenters. The molecule has 0 radical (unpaired) electrons. The van der Waals surface area contributed by atoms with E-state index >= 15 is 0 Å². The molecule has 148 valence electrons. The van der Waals surface area contributed by atoms with Crippen LogP contribution in [-0.4, -0.2) is 30.2 Å². The molecule has 0 bridgehead atoms. The van der Waals surface area contributed by atoms with Crippen molar-refractivity contribution in [2.24, 2.45) is 40.4 Å². The highest BCUT2D eigenvalue weighted by molar-refractivity contribution is 5.15. The molecule has 1 N–H and O–H groups in total. The monoisotopic (exact) mass is 362 g/mol. The summed E-state index contributed by atoms with van der Waals surface area (Å²) in [4.78, 5) is 0. The third kappa shape index (κ3) is 2.17. The summed E-state index contributed by atoms with van der Waals surface area (Å²) in [5, 5.41) is 11.5. The molecule has 4 aliphatic carbocycles. The van der Waals surface area contributed by atoms with Gasteiger partial charge in [0.1, 0.15) is 0 Å². The standard InChI is InChI=1S/C23H38O3/c1-15-7-9-21(2)16(13-15)5-6-17-18-8-10-23(25-11-4-12-26-23)22(18,3)20(24)14-19(17)21/h15-20,24H,4-14H2,1-3H3/t15-,16-,17+,18+,19?,20?,21+,22-/m1/s1. The van der Waals surface area contributed by atoms with Crippen LogP contribution in [0.15, 0.2) is 0 Å². The first-order valence-corrected chi connectivity index (χ1v) is 11.4. The van der Waals surface area contributed by atoms with Crippen molar-refractivity contribution in [1.29, 1.82) is 0 Å². The molecule has 1 saturated heterocycles. The molecule has 5 fully saturated rings. The van der Waals surface area contributed by atoms with E-state index in [1.165, 1.54) is 38.5 Å². The average Bonchev–Trinajstić information content (AvgIpc) is 2.91. The van der Waals surface area contributed by atoms with Crippen molar-refractivity contribution < 1.29 is 14.6 Å². The van der Waals surface area contributed by atoms with E-state index in [0.29, 0.717) is 17.3 Å². The van der Waals surface area contributed by atoms with Crippen molar-refractivity contribution in [3.8, 4) is 0 Å². The second kappa shape index (κ2) is 5.94. The molecule has 1 spiro atoms. The first kappa shape index (κ1) is 17.9. The Morgan fingerprint density at radius 2 is 1.65 bits per heavy atom. The summed E-state index contributed by atoms with van der Waals surface area (Å²) in [6, 6.07) is 0. The summed E-state index contributed by atoms with van der Waals surface area (Å²) in [5.41, 5.74) is 0.224. The first-order valence-electron chi connectivity index (χ1n) is 11.4. The molecular weight excluding hydrogens is 324 g/mol. The van der Waals surface area contributed by atoms with Crippen LogP contribution in [0, 0.1) is 40.4 Å². The van der Waals surface area contributed by atoms with Crippen LogP contribution in [0.1, 0.15) is 78.6 Å². The van der Waals surface area contributed by atoms with E-state index in [1.807, 2.05) is 0 Å². The maximum atomic E-state index is 11.5. The lowest BCUT2D eigenvalue weighted by atomic mass is 9.44. The fourth-order valence-electron chi connectivity index (χ4n) is 8.45. The highest BCUT2D eigenvalue weighted by atomic mass is 16.7. The lowest BCUT2D eigenvalue weighted by molar-refractivity contribution is -0.343. The number of hydrogen-bond donors (Lipinski definition) is 1. The van der Waals surface area contributed by atoms with Gasteiger partial charge in [-0.2, -0.15) is 0 Å². The van der Waals surface area contributed by atoms with Gasteiger partial charge < -0.3 is 14.6 Å². The molecule has 0 amide bonds. The van der Waals surface area contributed by atoms with Gasteiger partial charge in [-0.05, 0) is 80.0 Å². The summed E-state index contributed by atoms with van der Waals surface area (Å²) in [6.07, 6.45) is 10.7. The van der Waals surface area contributed by atoms with E-state index in [9.17, 15) is 5.11 Å². The van der Waals surface area contributed by atoms with Crippen molar-refractivity contribution in [1.82, 2.24) is 0 Å². The number of rotatable bonds is 0. The number of aliphatic hydroxyl groups excluding tert-OH is 1. The van der Waals surface area contributed by atoms with Gasteiger partial charge in [0, 0.05) is 6.42 Å². The number of fused-ring (bicyclic) bond motifs is 6. The topological polar surface area (TPSA) is 38.7 Å². The van der Waals surface area contributed by atoms with Gasteiger partial charge in [-0.1, -0.05) is 27.2 Å². The molecule has 0 aromatic carbocycles. The van der Waals surface area contributed by atoms with Crippen molar-refractivity contribution in [3.05, 3.63) is 0 Å². The van der Waals surface area contributed by atoms with Crippen LogP contribution in [-0.2, 0) is 9.47 Å². The minimum Gasteiger partial charge on any atom is -0.392 e. The Kier molecular flexibility index (Phi) is 4.10. The minimum atomic E-state index is -0.515. The Morgan fingerprint density at radius 1 is 0.885 bits per heavy atom. The van der Waals surface area contributed by atoms with Crippen LogP contribution < -0.4 is 0 Å². The van der Waals surface area contributed by atoms with Gasteiger partial charge in [0.25, 0.3) is 0 Å². The maximum absolute atomic E-state index is 11.5. The van der Waals surface area contributed by atoms with Gasteiger partial charge in [-0.15, -0.1) is 0 Å². The zero-order chi connectivity index (χ0) is 18.2. The molecule has 4 saturated carbocycles. The van der Waals surface area contributed by atoms with Crippen LogP contribution in [0.4, 0.5) is 0 Å². The van der Waals surface area contributed by atoms with E-state index in [4.69, 9.17) is 9.47 Å². The molecule has 1 aliphatic heterocycles. The van der Waals surface area contributed by atoms with Crippen molar-refractivity contribution >= 4 is 0 Å². The van der Waals surface area contributed by atoms with Crippen LogP contribution in [0.2, 0.25) is 0 Å². The molecule has 0 aromatic heterocycles. The summed E-state index contributed by atoms with van der Waals surface area (Å²) < 4.78 is 12.6. The van der Waals surface area contributed by atoms with E-state index in [2.05, 4.69) is 20.8 Å². The second-order valence-corrected chi connectivity index (χ2v) is 10.9.